The monoisotopic (exact) mass is 607 g/mol. The highest BCUT2D eigenvalue weighted by Crippen LogP contribution is 2.44. The van der Waals surface area contributed by atoms with Gasteiger partial charge in [0.25, 0.3) is 5.91 Å². The summed E-state index contributed by atoms with van der Waals surface area (Å²) >= 11 is 15.5. The van der Waals surface area contributed by atoms with Crippen molar-refractivity contribution >= 4 is 86.6 Å². The Morgan fingerprint density at radius 2 is 2.16 bits per heavy atom. The van der Waals surface area contributed by atoms with Crippen molar-refractivity contribution in [3.8, 4) is 0 Å². The number of rotatable bonds is 10. The van der Waals surface area contributed by atoms with Gasteiger partial charge in [0.2, 0.25) is 11.1 Å². The Morgan fingerprint density at radius 3 is 2.78 bits per heavy atom. The van der Waals surface area contributed by atoms with Crippen LogP contribution < -0.4 is 11.1 Å². The lowest BCUT2D eigenvalue weighted by Gasteiger charge is -2.53. The fraction of sp³-hybridized carbons (Fsp3) is 0.526. The topological polar surface area (TPSA) is 172 Å². The molecule has 18 heteroatoms. The molecule has 4 N–H and O–H groups in total. The molecule has 0 aromatic carbocycles. The van der Waals surface area contributed by atoms with Crippen molar-refractivity contribution in [2.24, 2.45) is 5.41 Å². The van der Waals surface area contributed by atoms with Crippen LogP contribution in [0.1, 0.15) is 5.69 Å². The van der Waals surface area contributed by atoms with Crippen LogP contribution >= 0.6 is 58.1 Å². The zero-order valence-corrected chi connectivity index (χ0v) is 23.6. The molecule has 2 aliphatic rings. The largest absolute Gasteiger partial charge is 0.481 e. The Balaban J connectivity index is 1.41. The molecule has 2 saturated heterocycles. The molecule has 37 heavy (non-hydrogen) atoms. The second kappa shape index (κ2) is 11.3. The number of carboxylic acid groups (broad SMARTS) is 1. The second-order valence-corrected chi connectivity index (χ2v) is 12.6. The van der Waals surface area contributed by atoms with Crippen LogP contribution in [-0.2, 0) is 20.9 Å². The van der Waals surface area contributed by atoms with Gasteiger partial charge in [-0.3, -0.25) is 14.4 Å². The summed E-state index contributed by atoms with van der Waals surface area (Å²) in [5.74, 6) is -1.67. The number of nitrogens with one attached hydrogen (secondary N) is 1. The van der Waals surface area contributed by atoms with Gasteiger partial charge < -0.3 is 26.0 Å². The van der Waals surface area contributed by atoms with Crippen LogP contribution in [0.15, 0.2) is 15.0 Å². The van der Waals surface area contributed by atoms with E-state index in [1.807, 2.05) is 19.0 Å². The molecule has 2 aliphatic heterocycles. The lowest BCUT2D eigenvalue weighted by molar-refractivity contribution is -0.157. The Bertz CT molecular complexity index is 1230. The molecule has 0 bridgehead atoms. The maximum Gasteiger partial charge on any atom is 0.313 e. The molecule has 2 aromatic rings. The minimum absolute atomic E-state index is 0.000947. The summed E-state index contributed by atoms with van der Waals surface area (Å²) in [4.78, 5) is 45.7. The molecular weight excluding hydrogens is 585 g/mol. The molecule has 2 amide bonds. The Kier molecular flexibility index (Phi) is 8.55. The summed E-state index contributed by atoms with van der Waals surface area (Å²) in [7, 11) is 3.87. The highest BCUT2D eigenvalue weighted by atomic mass is 35.5. The van der Waals surface area contributed by atoms with Gasteiger partial charge in [0.05, 0.1) is 17.8 Å². The van der Waals surface area contributed by atoms with Gasteiger partial charge >= 0.3 is 5.97 Å². The fourth-order valence-corrected chi connectivity index (χ4v) is 7.44. The minimum Gasteiger partial charge on any atom is -0.481 e. The maximum absolute atomic E-state index is 13.0. The number of carbonyl (C=O) groups excluding carboxylic acids is 2. The fourth-order valence-electron chi connectivity index (χ4n) is 3.76. The summed E-state index contributed by atoms with van der Waals surface area (Å²) in [6.07, 6.45) is 0. The van der Waals surface area contributed by atoms with E-state index in [4.69, 9.17) is 28.9 Å². The van der Waals surface area contributed by atoms with E-state index in [0.29, 0.717) is 11.7 Å². The number of halogens is 2. The molecular formula is C19H23Cl2N9O4S3. The number of fused-ring (bicyclic) bond motifs is 1. The Labute approximate surface area is 234 Å². The average molecular weight is 609 g/mol. The van der Waals surface area contributed by atoms with E-state index >= 15 is 0 Å². The van der Waals surface area contributed by atoms with Crippen LogP contribution in [0, 0.1) is 5.41 Å². The van der Waals surface area contributed by atoms with Crippen LogP contribution in [0.4, 0.5) is 5.13 Å². The molecule has 4 heterocycles. The number of nitrogen functional groups attached to an aromatic ring is 1. The third kappa shape index (κ3) is 5.83. The van der Waals surface area contributed by atoms with Gasteiger partial charge in [0, 0.05) is 30.0 Å². The number of carboxylic acids is 1. The van der Waals surface area contributed by atoms with Gasteiger partial charge in [-0.25, -0.2) is 9.67 Å². The third-order valence-electron chi connectivity index (χ3n) is 5.81. The van der Waals surface area contributed by atoms with Gasteiger partial charge in [-0.15, -0.1) is 28.2 Å². The normalized spacial score (nSPS) is 22.9. The van der Waals surface area contributed by atoms with Crippen LogP contribution in [0.2, 0.25) is 0 Å². The van der Waals surface area contributed by atoms with Crippen LogP contribution in [0.3, 0.4) is 0 Å². The number of hydrogen-bond donors (Lipinski definition) is 3. The molecule has 0 aliphatic carbocycles. The number of hydrogen-bond acceptors (Lipinski definition) is 12. The molecule has 0 spiro atoms. The summed E-state index contributed by atoms with van der Waals surface area (Å²) in [6.45, 7) is 1.28. The van der Waals surface area contributed by atoms with Crippen LogP contribution in [0.5, 0.6) is 0 Å². The van der Waals surface area contributed by atoms with Crippen molar-refractivity contribution in [1.82, 2.24) is 40.3 Å². The number of aromatic nitrogens is 5. The predicted octanol–water partition coefficient (Wildman–Crippen LogP) is 0.683. The molecule has 13 nitrogen and oxygen atoms in total. The zero-order valence-electron chi connectivity index (χ0n) is 19.6. The van der Waals surface area contributed by atoms with Crippen molar-refractivity contribution in [3.05, 3.63) is 15.6 Å². The predicted molar refractivity (Wildman–Crippen MR) is 142 cm³/mol. The van der Waals surface area contributed by atoms with Crippen molar-refractivity contribution in [1.29, 1.82) is 0 Å². The molecule has 0 saturated carbocycles. The van der Waals surface area contributed by atoms with Gasteiger partial charge in [-0.2, -0.15) is 0 Å². The molecule has 3 atom stereocenters. The summed E-state index contributed by atoms with van der Waals surface area (Å²) in [5, 5.41) is 26.3. The highest BCUT2D eigenvalue weighted by Gasteiger charge is 2.57. The maximum atomic E-state index is 13.0. The molecule has 2 unspecified atom stereocenters. The lowest BCUT2D eigenvalue weighted by Crippen LogP contribution is -2.74. The van der Waals surface area contributed by atoms with E-state index < -0.39 is 28.7 Å². The van der Waals surface area contributed by atoms with Crippen LogP contribution in [-0.4, -0.2) is 108 Å². The number of likely N-dealkylation sites (N-methyl/N-ethyl adjacent to an activating group) is 1. The molecule has 0 radical (unpaired) electrons. The quantitative estimate of drug-likeness (QED) is 0.196. The van der Waals surface area contributed by atoms with Crippen molar-refractivity contribution in [2.75, 3.05) is 44.4 Å². The standard InChI is InChI=1S/C19H23Cl2N9O4S3/c1-28(2)3-4-30-18(25-26-27-30)37-8-19(16(33)34)6-29-14(32)11(15(29)36-7-19)24-13(31)10(12(20)21)9-5-35-17(22)23-9/h5,11,15H,3-4,6-8H2,1-2H3,(H2,22,23)(H,24,31)(H,33,34)/t11?,15-,19?/m1/s1. The zero-order chi connectivity index (χ0) is 26.9. The SMILES string of the molecule is CN(C)CCn1nnnc1SCC1(C(=O)O)CS[C@@H]2C(NC(=O)C(=C(Cl)Cl)c3csc(N)n3)C(=O)N2C1. The van der Waals surface area contributed by atoms with Gasteiger partial charge in [-0.05, 0) is 24.5 Å². The molecule has 4 rings (SSSR count). The van der Waals surface area contributed by atoms with E-state index in [1.165, 1.54) is 33.8 Å². The second-order valence-electron chi connectivity index (χ2n) is 8.69. The number of nitrogens with zero attached hydrogens (tertiary/aromatic N) is 7. The Hall–Kier alpha value is -2.11. The van der Waals surface area contributed by atoms with Crippen LogP contribution in [0.25, 0.3) is 5.57 Å². The van der Waals surface area contributed by atoms with E-state index in [1.54, 1.807) is 4.68 Å². The number of tetrazole rings is 1. The summed E-state index contributed by atoms with van der Waals surface area (Å²) in [5.41, 5.74) is 4.55. The highest BCUT2D eigenvalue weighted by molar-refractivity contribution is 8.00. The van der Waals surface area contributed by atoms with Gasteiger partial charge in [0.1, 0.15) is 21.3 Å². The number of nitrogens with two attached hydrogens (primary N) is 1. The number of amides is 2. The number of thioether (sulfide) groups is 2. The molecule has 2 fully saturated rings. The minimum atomic E-state index is -1.21. The average Bonchev–Trinajstić information content (AvgIpc) is 3.47. The number of β-lactam (4-membered cyclic amide) rings is 1. The number of carbonyl (C=O) groups is 3. The van der Waals surface area contributed by atoms with Crippen molar-refractivity contribution < 1.29 is 19.5 Å². The number of anilines is 1. The number of thiazole rings is 1. The third-order valence-corrected chi connectivity index (χ3v) is 9.70. The smallest absolute Gasteiger partial charge is 0.313 e. The Morgan fingerprint density at radius 1 is 1.41 bits per heavy atom. The lowest BCUT2D eigenvalue weighted by atomic mass is 9.89. The van der Waals surface area contributed by atoms with E-state index in [-0.39, 0.29) is 44.8 Å². The van der Waals surface area contributed by atoms with Gasteiger partial charge in [0.15, 0.2) is 5.13 Å². The van der Waals surface area contributed by atoms with Crippen molar-refractivity contribution in [3.63, 3.8) is 0 Å². The van der Waals surface area contributed by atoms with E-state index in [0.717, 1.165) is 17.9 Å². The summed E-state index contributed by atoms with van der Waals surface area (Å²) < 4.78 is 1.32. The van der Waals surface area contributed by atoms with E-state index in [2.05, 4.69) is 25.8 Å². The first-order chi connectivity index (χ1) is 17.5. The number of aliphatic carboxylic acids is 1. The molecule has 200 valence electrons. The first-order valence-electron chi connectivity index (χ1n) is 10.8. The van der Waals surface area contributed by atoms with E-state index in [9.17, 15) is 19.5 Å². The van der Waals surface area contributed by atoms with Crippen molar-refractivity contribution in [2.45, 2.75) is 23.1 Å². The summed E-state index contributed by atoms with van der Waals surface area (Å²) in [6, 6.07) is -0.853. The first-order valence-corrected chi connectivity index (χ1v) is 14.5. The van der Waals surface area contributed by atoms with Gasteiger partial charge in [-0.1, -0.05) is 35.0 Å². The molecule has 2 aromatic heterocycles. The first kappa shape index (κ1) is 27.9.